The molecular formula is C17H18ClN3. The second-order valence-corrected chi connectivity index (χ2v) is 5.66. The highest BCUT2D eigenvalue weighted by Crippen LogP contribution is 2.18. The summed E-state index contributed by atoms with van der Waals surface area (Å²) in [4.78, 5) is 4.58. The van der Waals surface area contributed by atoms with Crippen LogP contribution in [-0.2, 0) is 6.54 Å². The number of hydrogen-bond acceptors (Lipinski definition) is 2. The van der Waals surface area contributed by atoms with Crippen LogP contribution in [0.25, 0.3) is 5.65 Å². The summed E-state index contributed by atoms with van der Waals surface area (Å²) in [5.74, 6) is 0. The van der Waals surface area contributed by atoms with Gasteiger partial charge in [-0.05, 0) is 43.7 Å². The molecule has 3 nitrogen and oxygen atoms in total. The summed E-state index contributed by atoms with van der Waals surface area (Å²) in [5, 5.41) is 4.32. The van der Waals surface area contributed by atoms with E-state index in [-0.39, 0.29) is 6.04 Å². The van der Waals surface area contributed by atoms with Crippen LogP contribution in [0.2, 0.25) is 5.02 Å². The molecule has 4 heteroatoms. The van der Waals surface area contributed by atoms with Crippen molar-refractivity contribution in [1.82, 2.24) is 14.7 Å². The maximum atomic E-state index is 5.93. The van der Waals surface area contributed by atoms with Gasteiger partial charge in [-0.25, -0.2) is 4.98 Å². The summed E-state index contributed by atoms with van der Waals surface area (Å²) in [5.41, 5.74) is 4.49. The van der Waals surface area contributed by atoms with Crippen molar-refractivity contribution in [1.29, 1.82) is 0 Å². The lowest BCUT2D eigenvalue weighted by Gasteiger charge is -2.14. The van der Waals surface area contributed by atoms with Crippen LogP contribution in [0.4, 0.5) is 0 Å². The van der Waals surface area contributed by atoms with Gasteiger partial charge < -0.3 is 9.72 Å². The Morgan fingerprint density at radius 1 is 1.19 bits per heavy atom. The highest BCUT2D eigenvalue weighted by atomic mass is 35.5. The number of hydrogen-bond donors (Lipinski definition) is 1. The molecular weight excluding hydrogens is 282 g/mol. The maximum Gasteiger partial charge on any atom is 0.137 e. The van der Waals surface area contributed by atoms with Crippen LogP contribution in [0.3, 0.4) is 0 Å². The van der Waals surface area contributed by atoms with E-state index < -0.39 is 0 Å². The van der Waals surface area contributed by atoms with Gasteiger partial charge in [-0.2, -0.15) is 0 Å². The molecule has 0 bridgehead atoms. The molecule has 0 saturated carbocycles. The first-order chi connectivity index (χ1) is 10.1. The van der Waals surface area contributed by atoms with Crippen LogP contribution < -0.4 is 5.32 Å². The molecule has 108 valence electrons. The minimum absolute atomic E-state index is 0.260. The molecule has 1 aromatic carbocycles. The van der Waals surface area contributed by atoms with Crippen LogP contribution in [-0.4, -0.2) is 9.38 Å². The zero-order valence-corrected chi connectivity index (χ0v) is 12.9. The van der Waals surface area contributed by atoms with E-state index in [1.807, 2.05) is 30.3 Å². The van der Waals surface area contributed by atoms with Gasteiger partial charge in [-0.1, -0.05) is 29.8 Å². The van der Waals surface area contributed by atoms with E-state index in [0.29, 0.717) is 0 Å². The molecule has 1 N–H and O–H groups in total. The van der Waals surface area contributed by atoms with Crippen molar-refractivity contribution in [3.05, 3.63) is 70.6 Å². The first-order valence-corrected chi connectivity index (χ1v) is 7.44. The van der Waals surface area contributed by atoms with Crippen molar-refractivity contribution in [2.45, 2.75) is 26.4 Å². The largest absolute Gasteiger partial charge is 0.305 e. The summed E-state index contributed by atoms with van der Waals surface area (Å²) in [6.07, 6.45) is 2.05. The van der Waals surface area contributed by atoms with Crippen LogP contribution in [0.15, 0.2) is 48.7 Å². The van der Waals surface area contributed by atoms with Gasteiger partial charge in [0.05, 0.1) is 11.4 Å². The topological polar surface area (TPSA) is 29.3 Å². The fourth-order valence-corrected chi connectivity index (χ4v) is 2.62. The van der Waals surface area contributed by atoms with Gasteiger partial charge in [0.1, 0.15) is 5.65 Å². The van der Waals surface area contributed by atoms with Crippen LogP contribution in [0, 0.1) is 6.92 Å². The van der Waals surface area contributed by atoms with Gasteiger partial charge in [-0.3, -0.25) is 0 Å². The summed E-state index contributed by atoms with van der Waals surface area (Å²) in [6, 6.07) is 14.3. The molecule has 0 saturated heterocycles. The van der Waals surface area contributed by atoms with Gasteiger partial charge in [0.15, 0.2) is 0 Å². The summed E-state index contributed by atoms with van der Waals surface area (Å²) in [6.45, 7) is 4.99. The number of imidazole rings is 1. The Morgan fingerprint density at radius 2 is 1.95 bits per heavy atom. The lowest BCUT2D eigenvalue weighted by atomic mass is 10.1. The van der Waals surface area contributed by atoms with Crippen molar-refractivity contribution in [3.8, 4) is 0 Å². The van der Waals surface area contributed by atoms with Gasteiger partial charge in [0.25, 0.3) is 0 Å². The molecule has 0 amide bonds. The van der Waals surface area contributed by atoms with E-state index in [9.17, 15) is 0 Å². The minimum atomic E-state index is 0.260. The number of halogens is 1. The van der Waals surface area contributed by atoms with Crippen molar-refractivity contribution in [2.24, 2.45) is 0 Å². The van der Waals surface area contributed by atoms with Crippen LogP contribution in [0.5, 0.6) is 0 Å². The van der Waals surface area contributed by atoms with Crippen molar-refractivity contribution >= 4 is 17.2 Å². The molecule has 21 heavy (non-hydrogen) atoms. The van der Waals surface area contributed by atoms with Gasteiger partial charge in [-0.15, -0.1) is 0 Å². The van der Waals surface area contributed by atoms with Crippen molar-refractivity contribution in [3.63, 3.8) is 0 Å². The third-order valence-corrected chi connectivity index (χ3v) is 4.03. The molecule has 1 atom stereocenters. The summed E-state index contributed by atoms with van der Waals surface area (Å²) >= 11 is 5.93. The first-order valence-electron chi connectivity index (χ1n) is 7.06. The molecule has 3 aromatic rings. The van der Waals surface area contributed by atoms with Crippen molar-refractivity contribution < 1.29 is 0 Å². The van der Waals surface area contributed by atoms with E-state index >= 15 is 0 Å². The number of nitrogens with zero attached hydrogens (tertiary/aromatic N) is 2. The fraction of sp³-hybridized carbons (Fsp3) is 0.235. The Labute approximate surface area is 129 Å². The number of aromatic nitrogens is 2. The zero-order chi connectivity index (χ0) is 14.8. The van der Waals surface area contributed by atoms with E-state index in [1.165, 1.54) is 11.3 Å². The Kier molecular flexibility index (Phi) is 3.95. The predicted molar refractivity (Wildman–Crippen MR) is 86.6 cm³/mol. The average molecular weight is 300 g/mol. The molecule has 2 aromatic heterocycles. The third kappa shape index (κ3) is 2.94. The normalized spacial score (nSPS) is 12.7. The molecule has 0 aliphatic heterocycles. The summed E-state index contributed by atoms with van der Waals surface area (Å²) in [7, 11) is 0. The van der Waals surface area contributed by atoms with E-state index in [2.05, 4.69) is 46.9 Å². The quantitative estimate of drug-likeness (QED) is 0.784. The first kappa shape index (κ1) is 14.1. The lowest BCUT2D eigenvalue weighted by molar-refractivity contribution is 0.564. The molecule has 0 fully saturated rings. The SMILES string of the molecule is Cc1nc2ccccn2c1CN[C@@H](C)c1ccc(Cl)cc1. The monoisotopic (exact) mass is 299 g/mol. The van der Waals surface area contributed by atoms with Gasteiger partial charge >= 0.3 is 0 Å². The van der Waals surface area contributed by atoms with E-state index in [0.717, 1.165) is 22.9 Å². The number of aryl methyl sites for hydroxylation is 1. The average Bonchev–Trinajstić information content (AvgIpc) is 2.81. The smallest absolute Gasteiger partial charge is 0.137 e. The number of benzene rings is 1. The second kappa shape index (κ2) is 5.88. The van der Waals surface area contributed by atoms with Crippen molar-refractivity contribution in [2.75, 3.05) is 0 Å². The van der Waals surface area contributed by atoms with E-state index in [4.69, 9.17) is 11.6 Å². The zero-order valence-electron chi connectivity index (χ0n) is 12.2. The highest BCUT2D eigenvalue weighted by Gasteiger charge is 2.10. The third-order valence-electron chi connectivity index (χ3n) is 3.77. The number of rotatable bonds is 4. The Bertz CT molecular complexity index is 746. The Hall–Kier alpha value is -1.84. The molecule has 3 rings (SSSR count). The maximum absolute atomic E-state index is 5.93. The second-order valence-electron chi connectivity index (χ2n) is 5.23. The Balaban J connectivity index is 1.77. The Morgan fingerprint density at radius 3 is 2.71 bits per heavy atom. The molecule has 0 aliphatic rings. The van der Waals surface area contributed by atoms with E-state index in [1.54, 1.807) is 0 Å². The van der Waals surface area contributed by atoms with Crippen LogP contribution in [0.1, 0.15) is 29.9 Å². The highest BCUT2D eigenvalue weighted by molar-refractivity contribution is 6.30. The number of nitrogens with one attached hydrogen (secondary N) is 1. The minimum Gasteiger partial charge on any atom is -0.305 e. The molecule has 0 unspecified atom stereocenters. The fourth-order valence-electron chi connectivity index (χ4n) is 2.50. The molecule has 0 radical (unpaired) electrons. The van der Waals surface area contributed by atoms with Gasteiger partial charge in [0.2, 0.25) is 0 Å². The number of fused-ring (bicyclic) bond motifs is 1. The predicted octanol–water partition coefficient (Wildman–Crippen LogP) is 4.15. The van der Waals surface area contributed by atoms with Gasteiger partial charge in [0, 0.05) is 23.8 Å². The summed E-state index contributed by atoms with van der Waals surface area (Å²) < 4.78 is 2.14. The molecule has 2 heterocycles. The lowest BCUT2D eigenvalue weighted by Crippen LogP contribution is -2.19. The van der Waals surface area contributed by atoms with Crippen LogP contribution >= 0.6 is 11.6 Å². The molecule has 0 spiro atoms. The molecule has 0 aliphatic carbocycles. The number of pyridine rings is 1. The standard InChI is InChI=1S/C17H18ClN3/c1-12(14-6-8-15(18)9-7-14)19-11-16-13(2)20-17-5-3-4-10-21(16)17/h3-10,12,19H,11H2,1-2H3/t12-/m0/s1.